The fraction of sp³-hybridized carbons (Fsp3) is 0.231. The summed E-state index contributed by atoms with van der Waals surface area (Å²) in [4.78, 5) is 24.0. The molecule has 0 unspecified atom stereocenters. The fourth-order valence-corrected chi connectivity index (χ4v) is 2.20. The molecule has 0 aliphatic carbocycles. The van der Waals surface area contributed by atoms with E-state index >= 15 is 0 Å². The smallest absolute Gasteiger partial charge is 0.284 e. The summed E-state index contributed by atoms with van der Waals surface area (Å²) in [6.45, 7) is 2.02. The maximum Gasteiger partial charge on any atom is 0.284 e. The zero-order chi connectivity index (χ0) is 15.6. The van der Waals surface area contributed by atoms with E-state index in [4.69, 9.17) is 4.52 Å². The van der Waals surface area contributed by atoms with E-state index in [-0.39, 0.29) is 23.7 Å². The largest absolute Gasteiger partial charge is 0.361 e. The van der Waals surface area contributed by atoms with E-state index in [1.807, 2.05) is 0 Å². The van der Waals surface area contributed by atoms with E-state index in [0.717, 1.165) is 0 Å². The van der Waals surface area contributed by atoms with Crippen LogP contribution in [-0.2, 0) is 6.54 Å². The van der Waals surface area contributed by atoms with Gasteiger partial charge in [-0.2, -0.15) is 0 Å². The van der Waals surface area contributed by atoms with Crippen molar-refractivity contribution in [2.45, 2.75) is 13.5 Å². The molecule has 0 radical (unpaired) electrons. The lowest BCUT2D eigenvalue weighted by Gasteiger charge is -2.15. The van der Waals surface area contributed by atoms with E-state index in [0.29, 0.717) is 15.9 Å². The van der Waals surface area contributed by atoms with Gasteiger partial charge in [-0.05, 0) is 35.0 Å². The normalized spacial score (nSPS) is 10.4. The van der Waals surface area contributed by atoms with Crippen LogP contribution in [0.1, 0.15) is 21.8 Å². The van der Waals surface area contributed by atoms with Gasteiger partial charge in [-0.25, -0.2) is 0 Å². The van der Waals surface area contributed by atoms with Gasteiger partial charge in [0.2, 0.25) is 0 Å². The van der Waals surface area contributed by atoms with Crippen molar-refractivity contribution >= 4 is 27.5 Å². The number of carbonyl (C=O) groups is 1. The number of amides is 1. The Morgan fingerprint density at radius 1 is 1.48 bits per heavy atom. The lowest BCUT2D eigenvalue weighted by Crippen LogP contribution is -2.26. The van der Waals surface area contributed by atoms with Crippen LogP contribution in [0.15, 0.2) is 33.3 Å². The zero-order valence-corrected chi connectivity index (χ0v) is 13.0. The molecule has 0 bridgehead atoms. The van der Waals surface area contributed by atoms with Gasteiger partial charge >= 0.3 is 0 Å². The number of carbonyl (C=O) groups excluding carboxylic acids is 1. The predicted octanol–water partition coefficient (Wildman–Crippen LogP) is 2.93. The SMILES string of the molecule is Cc1cc(CN(C)C(=O)c2ccc(Br)c([N+](=O)[O-])c2)no1. The van der Waals surface area contributed by atoms with Gasteiger partial charge in [-0.15, -0.1) is 0 Å². The molecule has 1 heterocycles. The summed E-state index contributed by atoms with van der Waals surface area (Å²) in [5.41, 5.74) is 0.717. The van der Waals surface area contributed by atoms with Crippen molar-refractivity contribution in [1.82, 2.24) is 10.1 Å². The Balaban J connectivity index is 2.19. The maximum atomic E-state index is 12.3. The standard InChI is InChI=1S/C13H12BrN3O4/c1-8-5-10(15-21-8)7-16(2)13(18)9-3-4-11(14)12(6-9)17(19)20/h3-6H,7H2,1-2H3. The molecule has 0 saturated heterocycles. The lowest BCUT2D eigenvalue weighted by molar-refractivity contribution is -0.385. The van der Waals surface area contributed by atoms with Gasteiger partial charge in [0.25, 0.3) is 11.6 Å². The number of hydrogen-bond donors (Lipinski definition) is 0. The van der Waals surface area contributed by atoms with Crippen molar-refractivity contribution < 1.29 is 14.2 Å². The third kappa shape index (κ3) is 3.46. The molecule has 0 saturated carbocycles. The van der Waals surface area contributed by atoms with Crippen LogP contribution in [0, 0.1) is 17.0 Å². The van der Waals surface area contributed by atoms with E-state index in [9.17, 15) is 14.9 Å². The van der Waals surface area contributed by atoms with Crippen LogP contribution >= 0.6 is 15.9 Å². The van der Waals surface area contributed by atoms with Crippen molar-refractivity contribution in [3.8, 4) is 0 Å². The van der Waals surface area contributed by atoms with Crippen molar-refractivity contribution in [3.05, 3.63) is 55.9 Å². The molecule has 0 aliphatic heterocycles. The van der Waals surface area contributed by atoms with Crippen LogP contribution in [0.3, 0.4) is 0 Å². The second-order valence-corrected chi connectivity index (χ2v) is 5.37. The molecule has 0 atom stereocenters. The number of halogens is 1. The highest BCUT2D eigenvalue weighted by atomic mass is 79.9. The van der Waals surface area contributed by atoms with E-state index in [2.05, 4.69) is 21.1 Å². The summed E-state index contributed by atoms with van der Waals surface area (Å²) in [5.74, 6) is 0.330. The monoisotopic (exact) mass is 353 g/mol. The third-order valence-corrected chi connectivity index (χ3v) is 3.48. The summed E-state index contributed by atoms with van der Waals surface area (Å²) in [6, 6.07) is 5.99. The number of aromatic nitrogens is 1. The molecule has 1 amide bonds. The summed E-state index contributed by atoms with van der Waals surface area (Å²) in [7, 11) is 1.60. The number of aryl methyl sites for hydroxylation is 1. The van der Waals surface area contributed by atoms with Gasteiger partial charge in [0.15, 0.2) is 0 Å². The van der Waals surface area contributed by atoms with Gasteiger partial charge in [0, 0.05) is 24.7 Å². The first-order valence-electron chi connectivity index (χ1n) is 6.00. The number of hydrogen-bond acceptors (Lipinski definition) is 5. The average molecular weight is 354 g/mol. The van der Waals surface area contributed by atoms with Crippen LogP contribution in [0.25, 0.3) is 0 Å². The van der Waals surface area contributed by atoms with E-state index < -0.39 is 4.92 Å². The minimum Gasteiger partial charge on any atom is -0.361 e. The van der Waals surface area contributed by atoms with Crippen molar-refractivity contribution in [2.75, 3.05) is 7.05 Å². The molecule has 0 N–H and O–H groups in total. The van der Waals surface area contributed by atoms with Crippen molar-refractivity contribution in [1.29, 1.82) is 0 Å². The third-order valence-electron chi connectivity index (χ3n) is 2.81. The average Bonchev–Trinajstić information content (AvgIpc) is 2.83. The highest BCUT2D eigenvalue weighted by Crippen LogP contribution is 2.26. The molecular weight excluding hydrogens is 342 g/mol. The van der Waals surface area contributed by atoms with Gasteiger partial charge in [0.1, 0.15) is 11.5 Å². The first-order valence-corrected chi connectivity index (χ1v) is 6.79. The van der Waals surface area contributed by atoms with Gasteiger partial charge in [-0.1, -0.05) is 5.16 Å². The van der Waals surface area contributed by atoms with Crippen LogP contribution in [0.5, 0.6) is 0 Å². The minimum atomic E-state index is -0.540. The number of benzene rings is 1. The molecule has 0 fully saturated rings. The summed E-state index contributed by atoms with van der Waals surface area (Å²) >= 11 is 3.08. The Kier molecular flexibility index (Phi) is 4.37. The molecule has 2 aromatic rings. The zero-order valence-electron chi connectivity index (χ0n) is 11.4. The summed E-state index contributed by atoms with van der Waals surface area (Å²) < 4.78 is 5.27. The summed E-state index contributed by atoms with van der Waals surface area (Å²) in [6.07, 6.45) is 0. The van der Waals surface area contributed by atoms with Gasteiger partial charge in [-0.3, -0.25) is 14.9 Å². The topological polar surface area (TPSA) is 89.5 Å². The minimum absolute atomic E-state index is 0.147. The Hall–Kier alpha value is -2.22. The van der Waals surface area contributed by atoms with Gasteiger partial charge < -0.3 is 9.42 Å². The Bertz CT molecular complexity index is 698. The lowest BCUT2D eigenvalue weighted by atomic mass is 10.1. The first-order chi connectivity index (χ1) is 9.88. The molecule has 110 valence electrons. The number of nitro benzene ring substituents is 1. The number of rotatable bonds is 4. The van der Waals surface area contributed by atoms with E-state index in [1.165, 1.54) is 23.1 Å². The van der Waals surface area contributed by atoms with Crippen LogP contribution < -0.4 is 0 Å². The fourth-order valence-electron chi connectivity index (χ4n) is 1.81. The highest BCUT2D eigenvalue weighted by molar-refractivity contribution is 9.10. The number of nitrogens with zero attached hydrogens (tertiary/aromatic N) is 3. The Morgan fingerprint density at radius 3 is 2.76 bits per heavy atom. The highest BCUT2D eigenvalue weighted by Gasteiger charge is 2.19. The molecule has 2 rings (SSSR count). The van der Waals surface area contributed by atoms with Crippen LogP contribution in [0.2, 0.25) is 0 Å². The maximum absolute atomic E-state index is 12.3. The van der Waals surface area contributed by atoms with Crippen LogP contribution in [-0.4, -0.2) is 27.9 Å². The molecule has 0 aliphatic rings. The van der Waals surface area contributed by atoms with E-state index in [1.54, 1.807) is 20.0 Å². The molecule has 0 spiro atoms. The molecule has 8 heteroatoms. The van der Waals surface area contributed by atoms with Crippen LogP contribution in [0.4, 0.5) is 5.69 Å². The van der Waals surface area contributed by atoms with Crippen molar-refractivity contribution in [2.24, 2.45) is 0 Å². The molecule has 1 aromatic heterocycles. The molecule has 7 nitrogen and oxygen atoms in total. The summed E-state index contributed by atoms with van der Waals surface area (Å²) in [5, 5.41) is 14.7. The molecule has 21 heavy (non-hydrogen) atoms. The quantitative estimate of drug-likeness (QED) is 0.622. The molecule has 1 aromatic carbocycles. The van der Waals surface area contributed by atoms with Gasteiger partial charge in [0.05, 0.1) is 15.9 Å². The van der Waals surface area contributed by atoms with Crippen molar-refractivity contribution in [3.63, 3.8) is 0 Å². The molecular formula is C13H12BrN3O4. The second kappa shape index (κ2) is 6.04. The predicted molar refractivity (Wildman–Crippen MR) is 77.8 cm³/mol. The Morgan fingerprint density at radius 2 is 2.19 bits per heavy atom. The second-order valence-electron chi connectivity index (χ2n) is 4.51. The first kappa shape index (κ1) is 15.2. The number of nitro groups is 1. The Labute approximate surface area is 128 Å².